The molecule has 1 heterocycles. The van der Waals surface area contributed by atoms with E-state index in [1.807, 2.05) is 37.3 Å². The van der Waals surface area contributed by atoms with E-state index in [4.69, 9.17) is 0 Å². The molecule has 1 saturated heterocycles. The topological polar surface area (TPSA) is 33.5 Å². The third kappa shape index (κ3) is 4.24. The van der Waals surface area contributed by atoms with Gasteiger partial charge < -0.3 is 10.2 Å². The first-order valence-corrected chi connectivity index (χ1v) is 8.93. The average Bonchev–Trinajstić information content (AvgIpc) is 2.60. The molecule has 0 unspecified atom stereocenters. The summed E-state index contributed by atoms with van der Waals surface area (Å²) in [5.41, 5.74) is 5.25. The van der Waals surface area contributed by atoms with Gasteiger partial charge in [0.05, 0.1) is 13.1 Å². The normalized spacial score (nSPS) is 15.2. The number of anilines is 1. The van der Waals surface area contributed by atoms with Gasteiger partial charge in [-0.15, -0.1) is 0 Å². The van der Waals surface area contributed by atoms with Crippen LogP contribution in [0, 0.1) is 13.8 Å². The van der Waals surface area contributed by atoms with Crippen LogP contribution in [0.15, 0.2) is 42.5 Å². The van der Waals surface area contributed by atoms with E-state index in [0.717, 1.165) is 17.8 Å². The van der Waals surface area contributed by atoms with Gasteiger partial charge in [0, 0.05) is 16.8 Å². The van der Waals surface area contributed by atoms with Crippen molar-refractivity contribution in [3.05, 3.63) is 64.7 Å². The second kappa shape index (κ2) is 7.63. The molecule has 0 atom stereocenters. The van der Waals surface area contributed by atoms with Gasteiger partial charge in [-0.1, -0.05) is 18.2 Å². The Labute approximate surface area is 144 Å². The molecule has 1 fully saturated rings. The second-order valence-corrected chi connectivity index (χ2v) is 6.94. The summed E-state index contributed by atoms with van der Waals surface area (Å²) >= 11 is 0. The van der Waals surface area contributed by atoms with Gasteiger partial charge in [0.25, 0.3) is 5.91 Å². The molecule has 3 rings (SSSR count). The third-order valence-electron chi connectivity index (χ3n) is 5.00. The summed E-state index contributed by atoms with van der Waals surface area (Å²) in [6.45, 7) is 7.74. The second-order valence-electron chi connectivity index (χ2n) is 6.94. The number of carbonyl (C=O) groups excluding carboxylic acids is 1. The van der Waals surface area contributed by atoms with Crippen molar-refractivity contribution in [1.29, 1.82) is 0 Å². The Morgan fingerprint density at radius 2 is 1.67 bits per heavy atom. The Kier molecular flexibility index (Phi) is 5.31. The van der Waals surface area contributed by atoms with Crippen LogP contribution in [0.3, 0.4) is 0 Å². The van der Waals surface area contributed by atoms with Gasteiger partial charge >= 0.3 is 0 Å². The molecule has 126 valence electrons. The highest BCUT2D eigenvalue weighted by Gasteiger charge is 2.14. The van der Waals surface area contributed by atoms with Crippen LogP contribution < -0.4 is 10.2 Å². The largest absolute Gasteiger partial charge is 0.331 e. The van der Waals surface area contributed by atoms with E-state index in [2.05, 4.69) is 24.4 Å². The fourth-order valence-electron chi connectivity index (χ4n) is 3.31. The molecule has 3 heteroatoms. The summed E-state index contributed by atoms with van der Waals surface area (Å²) in [5, 5.41) is 2.99. The number of nitrogens with one attached hydrogen (secondary N) is 2. The van der Waals surface area contributed by atoms with E-state index in [9.17, 15) is 4.79 Å². The Morgan fingerprint density at radius 1 is 0.958 bits per heavy atom. The van der Waals surface area contributed by atoms with Crippen molar-refractivity contribution in [2.75, 3.05) is 18.4 Å². The number of quaternary nitrogens is 1. The summed E-state index contributed by atoms with van der Waals surface area (Å²) in [4.78, 5) is 14.0. The zero-order valence-electron chi connectivity index (χ0n) is 14.7. The highest BCUT2D eigenvalue weighted by atomic mass is 16.1. The van der Waals surface area contributed by atoms with E-state index < -0.39 is 0 Å². The maximum absolute atomic E-state index is 12.4. The Hall–Kier alpha value is -2.13. The number of amides is 1. The highest BCUT2D eigenvalue weighted by Crippen LogP contribution is 2.14. The first kappa shape index (κ1) is 16.7. The van der Waals surface area contributed by atoms with E-state index in [0.29, 0.717) is 5.56 Å². The predicted octanol–water partition coefficient (Wildman–Crippen LogP) is 3.12. The van der Waals surface area contributed by atoms with Crippen LogP contribution in [-0.2, 0) is 6.54 Å². The van der Waals surface area contributed by atoms with Crippen molar-refractivity contribution in [3.8, 4) is 0 Å². The number of carbonyl (C=O) groups is 1. The maximum Gasteiger partial charge on any atom is 0.255 e. The Balaban J connectivity index is 1.60. The van der Waals surface area contributed by atoms with Crippen molar-refractivity contribution >= 4 is 11.6 Å². The zero-order valence-corrected chi connectivity index (χ0v) is 14.7. The minimum absolute atomic E-state index is 0.0486. The quantitative estimate of drug-likeness (QED) is 0.890. The van der Waals surface area contributed by atoms with E-state index >= 15 is 0 Å². The number of hydrogen-bond donors (Lipinski definition) is 2. The molecular formula is C21H27N2O+. The van der Waals surface area contributed by atoms with Gasteiger partial charge in [-0.05, 0) is 68.5 Å². The SMILES string of the molecule is Cc1ccc(C(=O)Nc2ccc(C[NH+]3CCCCC3)cc2)cc1C. The summed E-state index contributed by atoms with van der Waals surface area (Å²) in [6.07, 6.45) is 4.08. The van der Waals surface area contributed by atoms with E-state index in [-0.39, 0.29) is 5.91 Å². The lowest BCUT2D eigenvalue weighted by Gasteiger charge is -2.23. The fraction of sp³-hybridized carbons (Fsp3) is 0.381. The van der Waals surface area contributed by atoms with E-state index in [1.165, 1.54) is 43.5 Å². The van der Waals surface area contributed by atoms with Crippen LogP contribution in [0.25, 0.3) is 0 Å². The van der Waals surface area contributed by atoms with Crippen molar-refractivity contribution in [3.63, 3.8) is 0 Å². The standard InChI is InChI=1S/C21H26N2O/c1-16-6-9-19(14-17(16)2)21(24)22-20-10-7-18(8-11-20)15-23-12-4-3-5-13-23/h6-11,14H,3-5,12-13,15H2,1-2H3,(H,22,24)/p+1. The molecular weight excluding hydrogens is 296 g/mol. The van der Waals surface area contributed by atoms with Crippen LogP contribution >= 0.6 is 0 Å². The smallest absolute Gasteiger partial charge is 0.255 e. The molecule has 0 radical (unpaired) electrons. The first-order valence-electron chi connectivity index (χ1n) is 8.93. The van der Waals surface area contributed by atoms with Crippen molar-refractivity contribution in [2.24, 2.45) is 0 Å². The van der Waals surface area contributed by atoms with Gasteiger partial charge in [-0.25, -0.2) is 0 Å². The molecule has 1 amide bonds. The number of likely N-dealkylation sites (tertiary alicyclic amines) is 1. The minimum atomic E-state index is -0.0486. The molecule has 2 aromatic carbocycles. The first-order chi connectivity index (χ1) is 11.6. The minimum Gasteiger partial charge on any atom is -0.331 e. The van der Waals surface area contributed by atoms with Gasteiger partial charge in [0.15, 0.2) is 0 Å². The van der Waals surface area contributed by atoms with Crippen molar-refractivity contribution in [1.82, 2.24) is 0 Å². The maximum atomic E-state index is 12.4. The summed E-state index contributed by atoms with van der Waals surface area (Å²) in [5.74, 6) is -0.0486. The number of aryl methyl sites for hydroxylation is 2. The summed E-state index contributed by atoms with van der Waals surface area (Å²) < 4.78 is 0. The van der Waals surface area contributed by atoms with Crippen LogP contribution in [0.1, 0.15) is 46.3 Å². The molecule has 0 saturated carbocycles. The molecule has 0 spiro atoms. The lowest BCUT2D eigenvalue weighted by Crippen LogP contribution is -3.11. The molecule has 0 aromatic heterocycles. The monoisotopic (exact) mass is 323 g/mol. The predicted molar refractivity (Wildman–Crippen MR) is 98.6 cm³/mol. The summed E-state index contributed by atoms with van der Waals surface area (Å²) in [7, 11) is 0. The average molecular weight is 323 g/mol. The molecule has 0 aliphatic carbocycles. The summed E-state index contributed by atoms with van der Waals surface area (Å²) in [6, 6.07) is 14.1. The Bertz CT molecular complexity index is 700. The van der Waals surface area contributed by atoms with Gasteiger partial charge in [0.2, 0.25) is 0 Å². The zero-order chi connectivity index (χ0) is 16.9. The molecule has 1 aliphatic rings. The Morgan fingerprint density at radius 3 is 2.33 bits per heavy atom. The molecule has 2 aromatic rings. The molecule has 1 aliphatic heterocycles. The van der Waals surface area contributed by atoms with Crippen LogP contribution in [0.4, 0.5) is 5.69 Å². The van der Waals surface area contributed by atoms with Gasteiger partial charge in [-0.2, -0.15) is 0 Å². The molecule has 3 nitrogen and oxygen atoms in total. The molecule has 24 heavy (non-hydrogen) atoms. The van der Waals surface area contributed by atoms with E-state index in [1.54, 1.807) is 4.90 Å². The van der Waals surface area contributed by atoms with Crippen LogP contribution in [-0.4, -0.2) is 19.0 Å². The van der Waals surface area contributed by atoms with Gasteiger partial charge in [0.1, 0.15) is 6.54 Å². The fourth-order valence-corrected chi connectivity index (χ4v) is 3.31. The van der Waals surface area contributed by atoms with Gasteiger partial charge in [-0.3, -0.25) is 4.79 Å². The molecule has 0 bridgehead atoms. The molecule has 2 N–H and O–H groups in total. The highest BCUT2D eigenvalue weighted by molar-refractivity contribution is 6.04. The van der Waals surface area contributed by atoms with Crippen molar-refractivity contribution in [2.45, 2.75) is 39.7 Å². The number of hydrogen-bond acceptors (Lipinski definition) is 1. The van der Waals surface area contributed by atoms with Crippen LogP contribution in [0.5, 0.6) is 0 Å². The number of benzene rings is 2. The number of rotatable bonds is 4. The lowest BCUT2D eigenvalue weighted by atomic mass is 10.1. The third-order valence-corrected chi connectivity index (χ3v) is 5.00. The van der Waals surface area contributed by atoms with Crippen LogP contribution in [0.2, 0.25) is 0 Å². The lowest BCUT2D eigenvalue weighted by molar-refractivity contribution is -0.918. The van der Waals surface area contributed by atoms with Crippen molar-refractivity contribution < 1.29 is 9.69 Å². The number of piperidine rings is 1.